The van der Waals surface area contributed by atoms with Crippen molar-refractivity contribution >= 4 is 107 Å². The summed E-state index contributed by atoms with van der Waals surface area (Å²) in [6.45, 7) is 0. The van der Waals surface area contributed by atoms with E-state index in [1.165, 1.54) is 0 Å². The fourth-order valence-corrected chi connectivity index (χ4v) is 5.53. The van der Waals surface area contributed by atoms with Gasteiger partial charge in [0.05, 0.1) is 0 Å². The predicted octanol–water partition coefficient (Wildman–Crippen LogP) is -3.08. The maximum absolute atomic E-state index is 4.81. The number of nitrogens with zero attached hydrogens (tertiary/aromatic N) is 27. The number of aliphatic imine (C=N–C) groups is 18. The molecule has 27 heteroatoms. The number of rotatable bonds is 0. The summed E-state index contributed by atoms with van der Waals surface area (Å²) in [5.41, 5.74) is 0. The van der Waals surface area contributed by atoms with E-state index >= 15 is 0 Å². The van der Waals surface area contributed by atoms with E-state index < -0.39 is 0 Å². The van der Waals surface area contributed by atoms with Gasteiger partial charge in [-0.25, -0.2) is 14.7 Å². The lowest BCUT2D eigenvalue weighted by Gasteiger charge is -2.36. The fourth-order valence-electron chi connectivity index (χ4n) is 5.53. The molecule has 0 atom stereocenters. The maximum atomic E-state index is 4.81. The third kappa shape index (κ3) is 4.46. The van der Waals surface area contributed by atoms with E-state index in [2.05, 4.69) is 30.0 Å². The largest absolute Gasteiger partial charge is 0.347 e. The molecular weight excluding hydrogens is 702 g/mol. The first-order valence-electron chi connectivity index (χ1n) is 16.1. The van der Waals surface area contributed by atoms with E-state index in [9.17, 15) is 0 Å². The Bertz CT molecular complexity index is 2280. The summed E-state index contributed by atoms with van der Waals surface area (Å²) in [5, 5.41) is 0. The van der Waals surface area contributed by atoms with Gasteiger partial charge in [-0.05, 0) is 0 Å². The van der Waals surface area contributed by atoms with Gasteiger partial charge in [0.1, 0.15) is 0 Å². The van der Waals surface area contributed by atoms with E-state index in [0.717, 1.165) is 0 Å². The second kappa shape index (κ2) is 10.6. The first-order valence-corrected chi connectivity index (χ1v) is 16.1. The Morgan fingerprint density at radius 2 is 0.407 bits per heavy atom. The highest BCUT2D eigenvalue weighted by molar-refractivity contribution is 6.36. The summed E-state index contributed by atoms with van der Waals surface area (Å²) >= 11 is 0. The molecular formula is C27H27N27. The van der Waals surface area contributed by atoms with Gasteiger partial charge in [-0.1, -0.05) is 0 Å². The first-order chi connectivity index (χ1) is 25.9. The third-order valence-electron chi connectivity index (χ3n) is 8.40. The molecule has 0 aromatic heterocycles. The number of hydrogen-bond acceptors (Lipinski definition) is 27. The van der Waals surface area contributed by atoms with E-state index in [0.29, 0.717) is 17.9 Å². The lowest BCUT2D eigenvalue weighted by atomic mass is 10.4. The first kappa shape index (κ1) is 31.0. The Labute approximate surface area is 304 Å². The second-order valence-electron chi connectivity index (χ2n) is 12.8. The monoisotopic (exact) mass is 729 g/mol. The van der Waals surface area contributed by atoms with Gasteiger partial charge < -0.3 is 14.7 Å². The second-order valence-corrected chi connectivity index (χ2v) is 12.8. The minimum atomic E-state index is 0.164. The van der Waals surface area contributed by atoms with Crippen molar-refractivity contribution in [2.24, 2.45) is 89.9 Å². The number of fused-ring (bicyclic) bond motifs is 3. The van der Waals surface area contributed by atoms with Crippen LogP contribution >= 0.6 is 0 Å². The van der Waals surface area contributed by atoms with Gasteiger partial charge in [-0.2, -0.15) is 89.9 Å². The normalized spacial score (nSPS) is 22.8. The summed E-state index contributed by atoms with van der Waals surface area (Å²) in [6.07, 6.45) is 0. The van der Waals surface area contributed by atoms with Crippen molar-refractivity contribution in [1.29, 1.82) is 0 Å². The molecule has 54 heavy (non-hydrogen) atoms. The molecule has 0 aromatic rings. The Morgan fingerprint density at radius 3 is 0.611 bits per heavy atom. The molecule has 10 aliphatic rings. The average Bonchev–Trinajstić information content (AvgIpc) is 3.15. The molecule has 0 saturated carbocycles. The van der Waals surface area contributed by atoms with Crippen LogP contribution in [0.2, 0.25) is 0 Å². The van der Waals surface area contributed by atoms with Crippen LogP contribution in [-0.4, -0.2) is 215 Å². The molecule has 10 rings (SSSR count). The van der Waals surface area contributed by atoms with Crippen LogP contribution in [-0.2, 0) is 0 Å². The van der Waals surface area contributed by atoms with E-state index in [1.807, 2.05) is 42.3 Å². The van der Waals surface area contributed by atoms with Gasteiger partial charge >= 0.3 is 0 Å². The molecule has 0 unspecified atom stereocenters. The van der Waals surface area contributed by atoms with Crippen LogP contribution in [0, 0.1) is 0 Å². The van der Waals surface area contributed by atoms with Crippen LogP contribution in [0.5, 0.6) is 0 Å². The Balaban J connectivity index is 1.23. The van der Waals surface area contributed by atoms with Gasteiger partial charge in [0.25, 0.3) is 0 Å². The quantitative estimate of drug-likeness (QED) is 0.245. The highest BCUT2D eigenvalue weighted by atomic mass is 15.6. The highest BCUT2D eigenvalue weighted by Gasteiger charge is 2.43. The summed E-state index contributed by atoms with van der Waals surface area (Å²) in [7, 11) is 16.0. The molecule has 0 aliphatic carbocycles. The Hall–Kier alpha value is -7.74. The van der Waals surface area contributed by atoms with Crippen molar-refractivity contribution in [3.05, 3.63) is 0 Å². The lowest BCUT2D eigenvalue weighted by molar-refractivity contribution is 0.606. The topological polar surface area (TPSA) is 252 Å². The summed E-state index contributed by atoms with van der Waals surface area (Å²) in [5.74, 6) is 3.92. The smallest absolute Gasteiger partial charge is 0.246 e. The van der Waals surface area contributed by atoms with E-state index in [4.69, 9.17) is 59.9 Å². The minimum absolute atomic E-state index is 0.164. The van der Waals surface area contributed by atoms with Gasteiger partial charge in [0.15, 0.2) is 0 Å². The zero-order chi connectivity index (χ0) is 37.3. The molecule has 0 amide bonds. The van der Waals surface area contributed by atoms with Gasteiger partial charge in [-0.15, -0.1) is 0 Å². The van der Waals surface area contributed by atoms with Crippen molar-refractivity contribution in [1.82, 2.24) is 44.1 Å². The van der Waals surface area contributed by atoms with Crippen molar-refractivity contribution in [2.75, 3.05) is 63.4 Å². The fraction of sp³-hybridized carbons (Fsp3) is 0.333. The predicted molar refractivity (Wildman–Crippen MR) is 204 cm³/mol. The van der Waals surface area contributed by atoms with E-state index in [-0.39, 0.29) is 89.4 Å². The van der Waals surface area contributed by atoms with Crippen molar-refractivity contribution < 1.29 is 0 Å². The van der Waals surface area contributed by atoms with E-state index in [1.54, 1.807) is 65.2 Å². The van der Waals surface area contributed by atoms with Crippen LogP contribution in [0.15, 0.2) is 89.9 Å². The Kier molecular flexibility index (Phi) is 6.12. The number of guanidine groups is 18. The zero-order valence-corrected chi connectivity index (χ0v) is 30.1. The molecule has 0 spiro atoms. The van der Waals surface area contributed by atoms with Crippen LogP contribution in [0.3, 0.4) is 0 Å². The number of hydrogen-bond donors (Lipinski definition) is 0. The third-order valence-corrected chi connectivity index (χ3v) is 8.40. The van der Waals surface area contributed by atoms with Crippen LogP contribution in [0.25, 0.3) is 0 Å². The lowest BCUT2D eigenvalue weighted by Crippen LogP contribution is -2.55. The van der Waals surface area contributed by atoms with Crippen molar-refractivity contribution in [3.8, 4) is 0 Å². The molecule has 10 aliphatic heterocycles. The molecule has 0 aromatic carbocycles. The molecule has 0 saturated heterocycles. The standard InChI is InChI=1S/C27H27N27/c1-46(2)10-28-19-34-13-40-25-41-14(35-20(29-10)52(19)25)50(8)16-37-22-31-12(48(5)6)33-24-39-18(45-27(43-16)54(22)24)51(9)17-38-23-32-11(47(3)4)30-21-36-15(49(13)7)42-26(44-17)53(21)23/h1-9H3. The van der Waals surface area contributed by atoms with Gasteiger partial charge in [0, 0.05) is 63.4 Å². The Morgan fingerprint density at radius 1 is 0.241 bits per heavy atom. The molecule has 0 radical (unpaired) electrons. The highest BCUT2D eigenvalue weighted by Crippen LogP contribution is 2.25. The summed E-state index contributed by atoms with van der Waals surface area (Å²) in [4.78, 5) is 100. The van der Waals surface area contributed by atoms with Gasteiger partial charge in [0.2, 0.25) is 107 Å². The molecule has 10 heterocycles. The van der Waals surface area contributed by atoms with Crippen LogP contribution in [0.4, 0.5) is 0 Å². The minimum Gasteiger partial charge on any atom is -0.347 e. The molecule has 0 N–H and O–H groups in total. The summed E-state index contributed by atoms with van der Waals surface area (Å²) < 4.78 is 0. The van der Waals surface area contributed by atoms with Crippen LogP contribution < -0.4 is 0 Å². The zero-order valence-electron chi connectivity index (χ0n) is 30.1. The summed E-state index contributed by atoms with van der Waals surface area (Å²) in [6, 6.07) is 0. The SMILES string of the molecule is CN(C)C1=NC2=NC3=NC4=NC(=NC(=N1)N24)N(C)C1=NC2=NC(N(C)C)=NC4=NC(=NC(=N1)N24)N(C)C1=NC2=NC(=NC4=NC(N(C)C)=NC(=N1)N42)N3C. The van der Waals surface area contributed by atoms with Crippen LogP contribution in [0.1, 0.15) is 0 Å². The van der Waals surface area contributed by atoms with Gasteiger partial charge in [-0.3, -0.25) is 14.7 Å². The molecule has 27 nitrogen and oxygen atoms in total. The molecule has 0 fully saturated rings. The van der Waals surface area contributed by atoms with Crippen molar-refractivity contribution in [3.63, 3.8) is 0 Å². The maximum Gasteiger partial charge on any atom is 0.246 e. The average molecular weight is 730 g/mol. The molecule has 270 valence electrons. The van der Waals surface area contributed by atoms with Crippen molar-refractivity contribution in [2.45, 2.75) is 0 Å². The molecule has 9 bridgehead atoms.